The quantitative estimate of drug-likeness (QED) is 0.852. The molecule has 0 bridgehead atoms. The summed E-state index contributed by atoms with van der Waals surface area (Å²) in [6.45, 7) is 7.16. The molecule has 0 unspecified atom stereocenters. The van der Waals surface area contributed by atoms with Crippen LogP contribution in [0.15, 0.2) is 36.5 Å². The summed E-state index contributed by atoms with van der Waals surface area (Å²) in [5.74, 6) is 1.09. The highest BCUT2D eigenvalue weighted by molar-refractivity contribution is 5.76. The largest absolute Gasteiger partial charge is 0.353 e. The van der Waals surface area contributed by atoms with Crippen LogP contribution in [-0.4, -0.2) is 42.0 Å². The van der Waals surface area contributed by atoms with E-state index in [4.69, 9.17) is 5.26 Å². The highest BCUT2D eigenvalue weighted by Gasteiger charge is 2.21. The number of rotatable bonds is 4. The molecule has 0 atom stereocenters. The summed E-state index contributed by atoms with van der Waals surface area (Å²) >= 11 is 0. The van der Waals surface area contributed by atoms with E-state index in [0.29, 0.717) is 25.1 Å². The van der Waals surface area contributed by atoms with E-state index in [1.165, 1.54) is 16.7 Å². The van der Waals surface area contributed by atoms with Crippen molar-refractivity contribution in [3.63, 3.8) is 0 Å². The summed E-state index contributed by atoms with van der Waals surface area (Å²) in [5, 5.41) is 8.85. The molecule has 26 heavy (non-hydrogen) atoms. The van der Waals surface area contributed by atoms with E-state index in [2.05, 4.69) is 48.0 Å². The molecule has 1 aliphatic heterocycles. The third-order valence-corrected chi connectivity index (χ3v) is 4.74. The Morgan fingerprint density at radius 1 is 1.12 bits per heavy atom. The molecule has 1 saturated heterocycles. The molecule has 5 heteroatoms. The maximum Gasteiger partial charge on any atom is 0.223 e. The van der Waals surface area contributed by atoms with Gasteiger partial charge in [-0.25, -0.2) is 4.98 Å². The minimum absolute atomic E-state index is 0.219. The molecule has 0 N–H and O–H groups in total. The summed E-state index contributed by atoms with van der Waals surface area (Å²) in [6.07, 6.45) is 2.94. The van der Waals surface area contributed by atoms with Gasteiger partial charge in [0.05, 0.1) is 5.56 Å². The molecule has 1 aliphatic rings. The van der Waals surface area contributed by atoms with Gasteiger partial charge in [-0.3, -0.25) is 4.79 Å². The summed E-state index contributed by atoms with van der Waals surface area (Å²) < 4.78 is 0. The molecule has 3 rings (SSSR count). The first-order valence-corrected chi connectivity index (χ1v) is 9.01. The van der Waals surface area contributed by atoms with Crippen LogP contribution in [0.2, 0.25) is 0 Å². The van der Waals surface area contributed by atoms with Gasteiger partial charge in [0.1, 0.15) is 11.9 Å². The first-order valence-electron chi connectivity index (χ1n) is 9.01. The number of nitrogens with zero attached hydrogens (tertiary/aromatic N) is 4. The molecule has 2 heterocycles. The lowest BCUT2D eigenvalue weighted by Crippen LogP contribution is -2.49. The molecule has 0 radical (unpaired) electrons. The van der Waals surface area contributed by atoms with Gasteiger partial charge in [-0.2, -0.15) is 5.26 Å². The lowest BCUT2D eigenvalue weighted by Gasteiger charge is -2.35. The first-order chi connectivity index (χ1) is 12.5. The van der Waals surface area contributed by atoms with E-state index < -0.39 is 0 Å². The van der Waals surface area contributed by atoms with Crippen LogP contribution in [0.25, 0.3) is 0 Å². The van der Waals surface area contributed by atoms with Gasteiger partial charge in [-0.1, -0.05) is 29.3 Å². The van der Waals surface area contributed by atoms with Crippen molar-refractivity contribution in [3.8, 4) is 6.07 Å². The number of benzene rings is 1. The molecular weight excluding hydrogens is 324 g/mol. The number of pyridine rings is 1. The number of anilines is 1. The van der Waals surface area contributed by atoms with Crippen LogP contribution < -0.4 is 4.90 Å². The molecule has 0 spiro atoms. The Morgan fingerprint density at radius 3 is 2.38 bits per heavy atom. The molecule has 1 aromatic carbocycles. The number of carbonyl (C=O) groups is 1. The van der Waals surface area contributed by atoms with Crippen molar-refractivity contribution in [2.24, 2.45) is 0 Å². The molecule has 5 nitrogen and oxygen atoms in total. The molecular formula is C21H24N4O. The Hall–Kier alpha value is -2.87. The molecule has 1 fully saturated rings. The SMILES string of the molecule is Cc1cc(C)cc(CCC(=O)N2CCN(c3ccc(C#N)cn3)CC2)c1. The van der Waals surface area contributed by atoms with Gasteiger partial charge < -0.3 is 9.80 Å². The van der Waals surface area contributed by atoms with Crippen LogP contribution in [0.1, 0.15) is 28.7 Å². The van der Waals surface area contributed by atoms with Crippen LogP contribution >= 0.6 is 0 Å². The second-order valence-corrected chi connectivity index (χ2v) is 6.88. The molecule has 0 saturated carbocycles. The maximum atomic E-state index is 12.5. The highest BCUT2D eigenvalue weighted by Crippen LogP contribution is 2.16. The normalized spacial score (nSPS) is 14.2. The topological polar surface area (TPSA) is 60.2 Å². The van der Waals surface area contributed by atoms with Crippen molar-refractivity contribution in [2.45, 2.75) is 26.7 Å². The number of carbonyl (C=O) groups excluding carboxylic acids is 1. The zero-order valence-electron chi connectivity index (χ0n) is 15.4. The Labute approximate surface area is 154 Å². The van der Waals surface area contributed by atoms with E-state index in [0.717, 1.165) is 25.3 Å². The minimum atomic E-state index is 0.219. The maximum absolute atomic E-state index is 12.5. The van der Waals surface area contributed by atoms with Gasteiger partial charge in [0.2, 0.25) is 5.91 Å². The van der Waals surface area contributed by atoms with Gasteiger partial charge in [0.25, 0.3) is 0 Å². The Morgan fingerprint density at radius 2 is 1.81 bits per heavy atom. The van der Waals surface area contributed by atoms with Crippen molar-refractivity contribution in [1.29, 1.82) is 5.26 Å². The van der Waals surface area contributed by atoms with Crippen molar-refractivity contribution >= 4 is 11.7 Å². The molecule has 0 aliphatic carbocycles. The van der Waals surface area contributed by atoms with Crippen molar-refractivity contribution in [1.82, 2.24) is 9.88 Å². The van der Waals surface area contributed by atoms with Crippen molar-refractivity contribution < 1.29 is 4.79 Å². The average molecular weight is 348 g/mol. The average Bonchev–Trinajstić information content (AvgIpc) is 2.65. The number of aryl methyl sites for hydroxylation is 3. The van der Waals surface area contributed by atoms with Gasteiger partial charge in [0, 0.05) is 38.8 Å². The second kappa shape index (κ2) is 8.01. The molecule has 1 amide bonds. The van der Waals surface area contributed by atoms with E-state index in [-0.39, 0.29) is 5.91 Å². The summed E-state index contributed by atoms with van der Waals surface area (Å²) in [7, 11) is 0. The number of aromatic nitrogens is 1. The standard InChI is InChI=1S/C21H24N4O/c1-16-11-17(2)13-18(12-16)4-6-21(26)25-9-7-24(8-10-25)20-5-3-19(14-22)15-23-20/h3,5,11-13,15H,4,6-10H2,1-2H3. The second-order valence-electron chi connectivity index (χ2n) is 6.88. The van der Waals surface area contributed by atoms with Crippen LogP contribution in [0, 0.1) is 25.2 Å². The fraction of sp³-hybridized carbons (Fsp3) is 0.381. The Kier molecular flexibility index (Phi) is 5.52. The van der Waals surface area contributed by atoms with Crippen LogP contribution in [0.5, 0.6) is 0 Å². The molecule has 2 aromatic rings. The van der Waals surface area contributed by atoms with Crippen molar-refractivity contribution in [2.75, 3.05) is 31.1 Å². The zero-order valence-corrected chi connectivity index (χ0v) is 15.4. The summed E-state index contributed by atoms with van der Waals surface area (Å²) in [6, 6.07) is 12.2. The minimum Gasteiger partial charge on any atom is -0.353 e. The third kappa shape index (κ3) is 4.40. The summed E-state index contributed by atoms with van der Waals surface area (Å²) in [4.78, 5) is 21.0. The fourth-order valence-electron chi connectivity index (χ4n) is 3.45. The fourth-order valence-corrected chi connectivity index (χ4v) is 3.45. The van der Waals surface area contributed by atoms with Gasteiger partial charge in [-0.15, -0.1) is 0 Å². The Bertz CT molecular complexity index is 795. The lowest BCUT2D eigenvalue weighted by molar-refractivity contribution is -0.131. The molecule has 134 valence electrons. The van der Waals surface area contributed by atoms with Gasteiger partial charge in [-0.05, 0) is 38.0 Å². The van der Waals surface area contributed by atoms with E-state index in [1.54, 1.807) is 12.3 Å². The number of nitriles is 1. The number of piperazine rings is 1. The zero-order chi connectivity index (χ0) is 18.5. The number of amides is 1. The van der Waals surface area contributed by atoms with Crippen molar-refractivity contribution in [3.05, 3.63) is 58.8 Å². The van der Waals surface area contributed by atoms with Crippen LogP contribution in [-0.2, 0) is 11.2 Å². The van der Waals surface area contributed by atoms with E-state index in [1.807, 2.05) is 11.0 Å². The van der Waals surface area contributed by atoms with Gasteiger partial charge >= 0.3 is 0 Å². The predicted octanol–water partition coefficient (Wildman–Crippen LogP) is 2.85. The lowest BCUT2D eigenvalue weighted by atomic mass is 10.0. The third-order valence-electron chi connectivity index (χ3n) is 4.74. The highest BCUT2D eigenvalue weighted by atomic mass is 16.2. The van der Waals surface area contributed by atoms with Crippen LogP contribution in [0.4, 0.5) is 5.82 Å². The smallest absolute Gasteiger partial charge is 0.223 e. The summed E-state index contributed by atoms with van der Waals surface area (Å²) in [5.41, 5.74) is 4.29. The van der Waals surface area contributed by atoms with Crippen LogP contribution in [0.3, 0.4) is 0 Å². The Balaban J connectivity index is 1.50. The van der Waals surface area contributed by atoms with E-state index >= 15 is 0 Å². The number of hydrogen-bond donors (Lipinski definition) is 0. The first kappa shape index (κ1) is 17.9. The predicted molar refractivity (Wildman–Crippen MR) is 102 cm³/mol. The monoisotopic (exact) mass is 348 g/mol. The van der Waals surface area contributed by atoms with Gasteiger partial charge in [0.15, 0.2) is 0 Å². The van der Waals surface area contributed by atoms with E-state index in [9.17, 15) is 4.79 Å². The molecule has 1 aromatic heterocycles. The number of hydrogen-bond acceptors (Lipinski definition) is 4.